The van der Waals surface area contributed by atoms with Crippen LogP contribution in [0.5, 0.6) is 5.75 Å². The molecule has 0 spiro atoms. The third-order valence-corrected chi connectivity index (χ3v) is 3.94. The van der Waals surface area contributed by atoms with Crippen LogP contribution >= 0.6 is 0 Å². The number of rotatable bonds is 1. The smallest absolute Gasteiger partial charge is 0.190 e. The summed E-state index contributed by atoms with van der Waals surface area (Å²) in [5, 5.41) is 11.8. The highest BCUT2D eigenvalue weighted by Gasteiger charge is 2.21. The van der Waals surface area contributed by atoms with Gasteiger partial charge in [-0.2, -0.15) is 0 Å². The highest BCUT2D eigenvalue weighted by Crippen LogP contribution is 2.39. The minimum absolute atomic E-state index is 0.0447. The van der Waals surface area contributed by atoms with Crippen LogP contribution in [0.3, 0.4) is 0 Å². The Bertz CT molecular complexity index is 906. The van der Waals surface area contributed by atoms with Crippen molar-refractivity contribution < 1.29 is 9.90 Å². The van der Waals surface area contributed by atoms with Crippen LogP contribution in [0.15, 0.2) is 60.7 Å². The van der Waals surface area contributed by atoms with E-state index in [2.05, 4.69) is 6.07 Å². The molecule has 0 fully saturated rings. The fourth-order valence-corrected chi connectivity index (χ4v) is 2.97. The number of carbonyl (C=O) groups excluding carboxylic acids is 1. The average Bonchev–Trinajstić information content (AvgIpc) is 2.53. The first-order valence-electron chi connectivity index (χ1n) is 6.82. The van der Waals surface area contributed by atoms with Crippen LogP contribution in [0.2, 0.25) is 0 Å². The first-order valence-corrected chi connectivity index (χ1v) is 6.82. The Morgan fingerprint density at radius 1 is 0.810 bits per heavy atom. The summed E-state index contributed by atoms with van der Waals surface area (Å²) in [6, 6.07) is 17.5. The highest BCUT2D eigenvalue weighted by atomic mass is 16.3. The van der Waals surface area contributed by atoms with Crippen molar-refractivity contribution in [1.29, 1.82) is 0 Å². The Morgan fingerprint density at radius 3 is 2.38 bits per heavy atom. The van der Waals surface area contributed by atoms with Gasteiger partial charge in [0.15, 0.2) is 5.78 Å². The number of allylic oxidation sites excluding steroid dienone is 1. The van der Waals surface area contributed by atoms with Crippen LogP contribution < -0.4 is 0 Å². The van der Waals surface area contributed by atoms with E-state index in [1.54, 1.807) is 6.07 Å². The first kappa shape index (κ1) is 11.9. The van der Waals surface area contributed by atoms with E-state index in [9.17, 15) is 9.90 Å². The van der Waals surface area contributed by atoms with Crippen LogP contribution in [-0.4, -0.2) is 10.9 Å². The van der Waals surface area contributed by atoms with Crippen LogP contribution in [0, 0.1) is 0 Å². The molecule has 1 N–H and O–H groups in total. The van der Waals surface area contributed by atoms with E-state index in [0.29, 0.717) is 5.56 Å². The van der Waals surface area contributed by atoms with Gasteiger partial charge >= 0.3 is 0 Å². The molecule has 3 aromatic rings. The molecule has 100 valence electrons. The lowest BCUT2D eigenvalue weighted by Gasteiger charge is -2.17. The Kier molecular flexibility index (Phi) is 2.45. The molecule has 1 aliphatic carbocycles. The molecule has 0 aromatic heterocycles. The second-order valence-electron chi connectivity index (χ2n) is 5.15. The van der Waals surface area contributed by atoms with Crippen LogP contribution in [0.25, 0.3) is 28.0 Å². The summed E-state index contributed by atoms with van der Waals surface area (Å²) in [5.41, 5.74) is 3.56. The number of phenolic OH excluding ortho intramolecular Hbond substituents is 1. The molecule has 21 heavy (non-hydrogen) atoms. The maximum absolute atomic E-state index is 12.1. The topological polar surface area (TPSA) is 37.3 Å². The minimum atomic E-state index is -0.143. The molecular formula is C19H12O2. The van der Waals surface area contributed by atoms with Gasteiger partial charge in [-0.15, -0.1) is 0 Å². The molecular weight excluding hydrogens is 260 g/mol. The van der Waals surface area contributed by atoms with Crippen molar-refractivity contribution in [2.45, 2.75) is 0 Å². The van der Waals surface area contributed by atoms with Gasteiger partial charge in [0.25, 0.3) is 0 Å². The molecule has 0 bridgehead atoms. The second-order valence-corrected chi connectivity index (χ2v) is 5.15. The third kappa shape index (κ3) is 1.69. The summed E-state index contributed by atoms with van der Waals surface area (Å²) in [4.78, 5) is 12.1. The predicted octanol–water partition coefficient (Wildman–Crippen LogP) is 4.42. The number of carbonyl (C=O) groups is 1. The number of aromatic hydroxyl groups is 1. The van der Waals surface area contributed by atoms with E-state index >= 15 is 0 Å². The Labute approximate surface area is 122 Å². The van der Waals surface area contributed by atoms with Crippen molar-refractivity contribution in [3.05, 3.63) is 71.8 Å². The van der Waals surface area contributed by atoms with Gasteiger partial charge in [-0.1, -0.05) is 48.5 Å². The second kappa shape index (κ2) is 4.32. The maximum atomic E-state index is 12.1. The Balaban J connectivity index is 2.14. The first-order chi connectivity index (χ1) is 10.3. The zero-order valence-electron chi connectivity index (χ0n) is 11.2. The van der Waals surface area contributed by atoms with Crippen molar-refractivity contribution in [3.8, 4) is 16.9 Å². The van der Waals surface area contributed by atoms with E-state index in [0.717, 1.165) is 27.5 Å². The van der Waals surface area contributed by atoms with Gasteiger partial charge in [-0.25, -0.2) is 0 Å². The highest BCUT2D eigenvalue weighted by molar-refractivity contribution is 6.22. The fourth-order valence-electron chi connectivity index (χ4n) is 2.97. The minimum Gasteiger partial charge on any atom is -0.507 e. The van der Waals surface area contributed by atoms with Crippen molar-refractivity contribution in [1.82, 2.24) is 0 Å². The number of ketones is 1. The molecule has 0 atom stereocenters. The van der Waals surface area contributed by atoms with Gasteiger partial charge in [0, 0.05) is 5.39 Å². The van der Waals surface area contributed by atoms with Crippen molar-refractivity contribution in [2.24, 2.45) is 0 Å². The van der Waals surface area contributed by atoms with Gasteiger partial charge in [-0.05, 0) is 40.3 Å². The lowest BCUT2D eigenvalue weighted by atomic mass is 9.87. The summed E-state index contributed by atoms with van der Waals surface area (Å²) in [6.07, 6.45) is 3.38. The number of hydrogen-bond acceptors (Lipinski definition) is 2. The summed E-state index contributed by atoms with van der Waals surface area (Å²) in [7, 11) is 0. The van der Waals surface area contributed by atoms with Crippen LogP contribution in [0.1, 0.15) is 15.9 Å². The predicted molar refractivity (Wildman–Crippen MR) is 84.4 cm³/mol. The van der Waals surface area contributed by atoms with Crippen LogP contribution in [0.4, 0.5) is 0 Å². The zero-order valence-corrected chi connectivity index (χ0v) is 11.2. The van der Waals surface area contributed by atoms with Crippen LogP contribution in [-0.2, 0) is 0 Å². The van der Waals surface area contributed by atoms with E-state index in [-0.39, 0.29) is 11.5 Å². The number of phenols is 1. The summed E-state index contributed by atoms with van der Waals surface area (Å²) >= 11 is 0. The van der Waals surface area contributed by atoms with E-state index in [1.165, 1.54) is 6.08 Å². The molecule has 0 heterocycles. The molecule has 4 rings (SSSR count). The molecule has 2 heteroatoms. The standard InChI is InChI=1S/C19H12O2/c20-16-10-7-13-6-8-14(12-4-2-1-3-5-12)15-9-11-17(21)19(16)18(13)15/h1-11,20H. The summed E-state index contributed by atoms with van der Waals surface area (Å²) < 4.78 is 0. The zero-order chi connectivity index (χ0) is 14.4. The monoisotopic (exact) mass is 272 g/mol. The molecule has 0 aliphatic heterocycles. The lowest BCUT2D eigenvalue weighted by molar-refractivity contribution is 0.104. The van der Waals surface area contributed by atoms with Crippen molar-refractivity contribution in [2.75, 3.05) is 0 Å². The van der Waals surface area contributed by atoms with E-state index in [4.69, 9.17) is 0 Å². The molecule has 0 amide bonds. The average molecular weight is 272 g/mol. The third-order valence-electron chi connectivity index (χ3n) is 3.94. The van der Waals surface area contributed by atoms with Gasteiger partial charge in [-0.3, -0.25) is 4.79 Å². The van der Waals surface area contributed by atoms with E-state index in [1.807, 2.05) is 48.5 Å². The van der Waals surface area contributed by atoms with Gasteiger partial charge < -0.3 is 5.11 Å². The Hall–Kier alpha value is -2.87. The molecule has 2 nitrogen and oxygen atoms in total. The normalized spacial score (nSPS) is 12.9. The quantitative estimate of drug-likeness (QED) is 0.712. The SMILES string of the molecule is O=C1C=Cc2c(-c3ccccc3)ccc3ccc(O)c1c23. The fraction of sp³-hybridized carbons (Fsp3) is 0. The van der Waals surface area contributed by atoms with Gasteiger partial charge in [0.1, 0.15) is 5.75 Å². The molecule has 0 saturated carbocycles. The van der Waals surface area contributed by atoms with Gasteiger partial charge in [0.2, 0.25) is 0 Å². The maximum Gasteiger partial charge on any atom is 0.190 e. The summed E-state index contributed by atoms with van der Waals surface area (Å²) in [6.45, 7) is 0. The lowest BCUT2D eigenvalue weighted by Crippen LogP contribution is -2.03. The summed E-state index contributed by atoms with van der Waals surface area (Å²) in [5.74, 6) is -0.0980. The van der Waals surface area contributed by atoms with E-state index < -0.39 is 0 Å². The molecule has 3 aromatic carbocycles. The molecule has 1 aliphatic rings. The molecule has 0 unspecified atom stereocenters. The van der Waals surface area contributed by atoms with Crippen molar-refractivity contribution in [3.63, 3.8) is 0 Å². The van der Waals surface area contributed by atoms with Crippen molar-refractivity contribution >= 4 is 22.6 Å². The molecule has 0 radical (unpaired) electrons. The number of benzene rings is 3. The largest absolute Gasteiger partial charge is 0.507 e. The molecule has 0 saturated heterocycles. The Morgan fingerprint density at radius 2 is 1.57 bits per heavy atom. The number of hydrogen-bond donors (Lipinski definition) is 1. The van der Waals surface area contributed by atoms with Gasteiger partial charge in [0.05, 0.1) is 5.56 Å².